The van der Waals surface area contributed by atoms with Crippen LogP contribution in [0.5, 0.6) is 0 Å². The second kappa shape index (κ2) is 2.46. The van der Waals surface area contributed by atoms with Crippen LogP contribution >= 0.6 is 15.9 Å². The summed E-state index contributed by atoms with van der Waals surface area (Å²) in [5, 5.41) is 0. The first-order chi connectivity index (χ1) is 2.27. The van der Waals surface area contributed by atoms with E-state index in [1.165, 1.54) is 0 Å². The lowest BCUT2D eigenvalue weighted by atomic mass is 10.6. The maximum absolute atomic E-state index is 3.53. The van der Waals surface area contributed by atoms with Gasteiger partial charge in [-0.3, -0.25) is 0 Å². The molecular weight excluding hydrogens is 128 g/mol. The summed E-state index contributed by atoms with van der Waals surface area (Å²) in [5.74, 6) is 0. The molecule has 1 heteroatoms. The van der Waals surface area contributed by atoms with E-state index in [9.17, 15) is 0 Å². The fourth-order valence-electron chi connectivity index (χ4n) is 0. The SMILES string of the molecule is [CH2]C(Br)=CC. The summed E-state index contributed by atoms with van der Waals surface area (Å²) < 4.78 is 0.942. The predicted octanol–water partition coefficient (Wildman–Crippen LogP) is 2.12. The van der Waals surface area contributed by atoms with Crippen LogP contribution in [0.25, 0.3) is 0 Å². The summed E-state index contributed by atoms with van der Waals surface area (Å²) in [6.45, 7) is 5.46. The lowest BCUT2D eigenvalue weighted by molar-refractivity contribution is 1.72. The number of hydrogen-bond acceptors (Lipinski definition) is 0. The van der Waals surface area contributed by atoms with Gasteiger partial charge in [-0.25, -0.2) is 0 Å². The van der Waals surface area contributed by atoms with E-state index in [0.717, 1.165) is 4.48 Å². The highest BCUT2D eigenvalue weighted by Gasteiger charge is 1.64. The van der Waals surface area contributed by atoms with Crippen molar-refractivity contribution in [3.63, 3.8) is 0 Å². The van der Waals surface area contributed by atoms with Crippen LogP contribution in [-0.4, -0.2) is 0 Å². The molecule has 0 aliphatic carbocycles. The molecule has 0 saturated heterocycles. The monoisotopic (exact) mass is 133 g/mol. The van der Waals surface area contributed by atoms with Gasteiger partial charge in [-0.2, -0.15) is 0 Å². The highest BCUT2D eigenvalue weighted by Crippen LogP contribution is 1.97. The van der Waals surface area contributed by atoms with Gasteiger partial charge in [0.25, 0.3) is 0 Å². The maximum Gasteiger partial charge on any atom is -0.00885 e. The molecule has 0 bridgehead atoms. The summed E-state index contributed by atoms with van der Waals surface area (Å²) in [6.07, 6.45) is 1.89. The molecule has 0 aromatic carbocycles. The van der Waals surface area contributed by atoms with Crippen LogP contribution in [0, 0.1) is 6.92 Å². The molecule has 0 N–H and O–H groups in total. The van der Waals surface area contributed by atoms with Gasteiger partial charge in [0.1, 0.15) is 0 Å². The van der Waals surface area contributed by atoms with E-state index in [1.54, 1.807) is 0 Å². The first-order valence-electron chi connectivity index (χ1n) is 1.41. The molecule has 0 unspecified atom stereocenters. The Morgan fingerprint density at radius 1 is 2.00 bits per heavy atom. The standard InChI is InChI=1S/C4H6Br/c1-3-4(2)5/h3H,2H2,1H3. The molecule has 0 aliphatic heterocycles. The average molecular weight is 134 g/mol. The van der Waals surface area contributed by atoms with Crippen molar-refractivity contribution in [2.75, 3.05) is 0 Å². The Hall–Kier alpha value is 0.220. The molecule has 29 valence electrons. The van der Waals surface area contributed by atoms with Gasteiger partial charge in [-0.05, 0) is 18.3 Å². The van der Waals surface area contributed by atoms with Gasteiger partial charge in [-0.15, -0.1) is 0 Å². The summed E-state index contributed by atoms with van der Waals surface area (Å²) >= 11 is 3.12. The van der Waals surface area contributed by atoms with Crippen molar-refractivity contribution in [3.8, 4) is 0 Å². The third kappa shape index (κ3) is 4.22. The van der Waals surface area contributed by atoms with E-state index in [2.05, 4.69) is 22.9 Å². The lowest BCUT2D eigenvalue weighted by Crippen LogP contribution is -1.45. The average Bonchev–Trinajstić information content (AvgIpc) is 1.38. The predicted molar refractivity (Wildman–Crippen MR) is 28.0 cm³/mol. The van der Waals surface area contributed by atoms with Gasteiger partial charge in [0.2, 0.25) is 0 Å². The zero-order valence-corrected chi connectivity index (χ0v) is 4.75. The second-order valence-corrected chi connectivity index (χ2v) is 1.75. The van der Waals surface area contributed by atoms with Crippen LogP contribution < -0.4 is 0 Å². The molecule has 0 spiro atoms. The Morgan fingerprint density at radius 3 is 2.20 bits per heavy atom. The van der Waals surface area contributed by atoms with Gasteiger partial charge in [0.05, 0.1) is 0 Å². The molecule has 0 rings (SSSR count). The second-order valence-electron chi connectivity index (χ2n) is 0.736. The topological polar surface area (TPSA) is 0 Å². The molecule has 0 fully saturated rings. The smallest absolute Gasteiger partial charge is 0.00885 e. The molecule has 0 aromatic rings. The first kappa shape index (κ1) is 5.22. The molecule has 0 amide bonds. The van der Waals surface area contributed by atoms with E-state index >= 15 is 0 Å². The largest absolute Gasteiger partial charge is 0.0775 e. The van der Waals surface area contributed by atoms with Crippen LogP contribution in [0.3, 0.4) is 0 Å². The normalized spacial score (nSPS) is 12.2. The van der Waals surface area contributed by atoms with E-state index in [1.807, 2.05) is 13.0 Å². The number of allylic oxidation sites excluding steroid dienone is 2. The van der Waals surface area contributed by atoms with Gasteiger partial charge in [0, 0.05) is 0 Å². The van der Waals surface area contributed by atoms with Crippen molar-refractivity contribution in [2.45, 2.75) is 6.92 Å². The zero-order chi connectivity index (χ0) is 4.28. The molecule has 0 saturated carbocycles. The van der Waals surface area contributed by atoms with Crippen LogP contribution in [0.2, 0.25) is 0 Å². The van der Waals surface area contributed by atoms with Gasteiger partial charge < -0.3 is 0 Å². The van der Waals surface area contributed by atoms with E-state index in [0.29, 0.717) is 0 Å². The van der Waals surface area contributed by atoms with E-state index in [-0.39, 0.29) is 0 Å². The van der Waals surface area contributed by atoms with Crippen molar-refractivity contribution in [1.29, 1.82) is 0 Å². The van der Waals surface area contributed by atoms with E-state index < -0.39 is 0 Å². The van der Waals surface area contributed by atoms with Crippen molar-refractivity contribution in [2.24, 2.45) is 0 Å². The van der Waals surface area contributed by atoms with Crippen molar-refractivity contribution >= 4 is 15.9 Å². The van der Waals surface area contributed by atoms with Crippen LogP contribution in [0.4, 0.5) is 0 Å². The van der Waals surface area contributed by atoms with E-state index in [4.69, 9.17) is 0 Å². The van der Waals surface area contributed by atoms with Crippen molar-refractivity contribution in [3.05, 3.63) is 17.5 Å². The summed E-state index contributed by atoms with van der Waals surface area (Å²) in [5.41, 5.74) is 0. The van der Waals surface area contributed by atoms with Gasteiger partial charge >= 0.3 is 0 Å². The van der Waals surface area contributed by atoms with Crippen molar-refractivity contribution in [1.82, 2.24) is 0 Å². The minimum atomic E-state index is 0.942. The van der Waals surface area contributed by atoms with Crippen LogP contribution in [-0.2, 0) is 0 Å². The molecule has 0 nitrogen and oxygen atoms in total. The first-order valence-corrected chi connectivity index (χ1v) is 2.20. The Labute approximate surface area is 41.0 Å². The van der Waals surface area contributed by atoms with Gasteiger partial charge in [-0.1, -0.05) is 22.0 Å². The summed E-state index contributed by atoms with van der Waals surface area (Å²) in [4.78, 5) is 0. The third-order valence-electron chi connectivity index (χ3n) is 0.313. The lowest BCUT2D eigenvalue weighted by Gasteiger charge is -1.70. The van der Waals surface area contributed by atoms with Crippen molar-refractivity contribution < 1.29 is 0 Å². The van der Waals surface area contributed by atoms with Crippen LogP contribution in [0.1, 0.15) is 6.92 Å². The summed E-state index contributed by atoms with van der Waals surface area (Å²) in [6, 6.07) is 0. The number of halogens is 1. The van der Waals surface area contributed by atoms with Gasteiger partial charge in [0.15, 0.2) is 0 Å². The molecule has 1 radical (unpaired) electrons. The fraction of sp³-hybridized carbons (Fsp3) is 0.250. The zero-order valence-electron chi connectivity index (χ0n) is 3.16. The molecule has 0 atom stereocenters. The third-order valence-corrected chi connectivity index (χ3v) is 0.771. The summed E-state index contributed by atoms with van der Waals surface area (Å²) in [7, 11) is 0. The highest BCUT2D eigenvalue weighted by atomic mass is 79.9. The number of hydrogen-bond donors (Lipinski definition) is 0. The highest BCUT2D eigenvalue weighted by molar-refractivity contribution is 9.11. The Balaban J connectivity index is 3.14. The molecule has 5 heavy (non-hydrogen) atoms. The minimum absolute atomic E-state index is 0.942. The Kier molecular flexibility index (Phi) is 2.57. The minimum Gasteiger partial charge on any atom is -0.0775 e. The molecule has 0 aliphatic rings. The number of rotatable bonds is 0. The fourth-order valence-corrected chi connectivity index (χ4v) is 0. The maximum atomic E-state index is 3.53. The Morgan fingerprint density at radius 2 is 2.20 bits per heavy atom. The quantitative estimate of drug-likeness (QED) is 0.476. The molecule has 0 aromatic heterocycles. The Bertz CT molecular complexity index is 41.6. The molecule has 0 heterocycles. The van der Waals surface area contributed by atoms with Crippen LogP contribution in [0.15, 0.2) is 10.6 Å². The molecular formula is C4H6Br.